The fourth-order valence-electron chi connectivity index (χ4n) is 3.48. The predicted octanol–water partition coefficient (Wildman–Crippen LogP) is 4.35. The van der Waals surface area contributed by atoms with Crippen molar-refractivity contribution in [3.63, 3.8) is 0 Å². The minimum Gasteiger partial charge on any atom is -0.450 e. The number of fused-ring (bicyclic) bond motifs is 1. The molecular weight excluding hydrogens is 373 g/mol. The molecule has 0 atom stereocenters. The summed E-state index contributed by atoms with van der Waals surface area (Å²) >= 11 is 0. The average molecular weight is 393 g/mol. The number of hydrogen-bond donors (Lipinski definition) is 0. The molecule has 0 radical (unpaired) electrons. The van der Waals surface area contributed by atoms with Crippen LogP contribution in [-0.2, 0) is 9.53 Å². The zero-order chi connectivity index (χ0) is 20.4. The van der Waals surface area contributed by atoms with Crippen LogP contribution in [0, 0.1) is 12.7 Å². The van der Waals surface area contributed by atoms with E-state index in [0.29, 0.717) is 29.6 Å². The third-order valence-electron chi connectivity index (χ3n) is 5.12. The van der Waals surface area contributed by atoms with E-state index in [1.54, 1.807) is 11.8 Å². The van der Waals surface area contributed by atoms with Crippen molar-refractivity contribution in [1.29, 1.82) is 0 Å². The van der Waals surface area contributed by atoms with Crippen LogP contribution in [0.1, 0.15) is 28.1 Å². The number of benzene rings is 2. The van der Waals surface area contributed by atoms with Gasteiger partial charge in [-0.25, -0.2) is 9.18 Å². The molecule has 3 aromatic rings. The van der Waals surface area contributed by atoms with Crippen molar-refractivity contribution >= 4 is 28.4 Å². The molecule has 0 spiro atoms. The normalized spacial score (nSPS) is 14.0. The summed E-state index contributed by atoms with van der Waals surface area (Å²) in [5.74, 6) is -1.42. The van der Waals surface area contributed by atoms with Gasteiger partial charge in [0.2, 0.25) is 5.76 Å². The van der Waals surface area contributed by atoms with E-state index in [4.69, 9.17) is 9.15 Å². The van der Waals surface area contributed by atoms with E-state index in [-0.39, 0.29) is 18.3 Å². The van der Waals surface area contributed by atoms with Gasteiger partial charge in [-0.15, -0.1) is 0 Å². The quantitative estimate of drug-likeness (QED) is 0.618. The van der Waals surface area contributed by atoms with Crippen molar-refractivity contribution in [3.05, 3.63) is 77.3 Å². The lowest BCUT2D eigenvalue weighted by Gasteiger charge is -2.26. The Kier molecular flexibility index (Phi) is 5.16. The second kappa shape index (κ2) is 7.91. The zero-order valence-electron chi connectivity index (χ0n) is 16.0. The minimum atomic E-state index is -0.731. The first-order chi connectivity index (χ1) is 14.0. The lowest BCUT2D eigenvalue weighted by Crippen LogP contribution is -2.37. The van der Waals surface area contributed by atoms with Crippen LogP contribution in [0.25, 0.3) is 16.5 Å². The number of carbonyl (C=O) groups is 2. The van der Waals surface area contributed by atoms with Crippen molar-refractivity contribution in [2.24, 2.45) is 0 Å². The summed E-state index contributed by atoms with van der Waals surface area (Å²) in [5, 5.41) is 0.512. The number of esters is 1. The third kappa shape index (κ3) is 3.92. The Hall–Kier alpha value is -3.41. The zero-order valence-corrected chi connectivity index (χ0v) is 16.0. The number of ether oxygens (including phenoxy) is 1. The summed E-state index contributed by atoms with van der Waals surface area (Å²) in [6.07, 6.45) is 2.77. The van der Waals surface area contributed by atoms with E-state index in [2.05, 4.69) is 0 Å². The van der Waals surface area contributed by atoms with Crippen LogP contribution in [0.4, 0.5) is 4.39 Å². The fourth-order valence-corrected chi connectivity index (χ4v) is 3.48. The van der Waals surface area contributed by atoms with Crippen molar-refractivity contribution in [2.45, 2.75) is 13.3 Å². The topological polar surface area (TPSA) is 59.8 Å². The summed E-state index contributed by atoms with van der Waals surface area (Å²) in [6, 6.07) is 14.1. The van der Waals surface area contributed by atoms with Crippen LogP contribution < -0.4 is 0 Å². The number of rotatable bonds is 4. The molecular formula is C23H20FNO4. The molecule has 1 aliphatic heterocycles. The monoisotopic (exact) mass is 393 g/mol. The van der Waals surface area contributed by atoms with Gasteiger partial charge in [-0.2, -0.15) is 0 Å². The van der Waals surface area contributed by atoms with Crippen LogP contribution in [0.3, 0.4) is 0 Å². The second-order valence-electron chi connectivity index (χ2n) is 6.96. The molecule has 0 fully saturated rings. The Morgan fingerprint density at radius 1 is 1.17 bits per heavy atom. The summed E-state index contributed by atoms with van der Waals surface area (Å²) in [5.41, 5.74) is 3.25. The van der Waals surface area contributed by atoms with Gasteiger partial charge in [0.25, 0.3) is 5.91 Å². The van der Waals surface area contributed by atoms with Gasteiger partial charge in [0.1, 0.15) is 11.4 Å². The van der Waals surface area contributed by atoms with E-state index >= 15 is 0 Å². The van der Waals surface area contributed by atoms with Gasteiger partial charge in [-0.1, -0.05) is 36.4 Å². The smallest absolute Gasteiger partial charge is 0.375 e. The highest BCUT2D eigenvalue weighted by atomic mass is 19.1. The van der Waals surface area contributed by atoms with Gasteiger partial charge in [0, 0.05) is 24.0 Å². The van der Waals surface area contributed by atoms with E-state index < -0.39 is 11.8 Å². The molecule has 5 nitrogen and oxygen atoms in total. The standard InChI is InChI=1S/C23H20FNO4/c1-15-19-13-18(24)7-8-20(19)29-22(15)23(27)28-14-21(26)25-11-9-17(10-12-25)16-5-3-2-4-6-16/h2-9,13H,10-12,14H2,1H3. The second-order valence-corrected chi connectivity index (χ2v) is 6.96. The molecule has 0 bridgehead atoms. The van der Waals surface area contributed by atoms with Gasteiger partial charge in [0.15, 0.2) is 6.61 Å². The highest BCUT2D eigenvalue weighted by molar-refractivity contribution is 5.96. The number of carbonyl (C=O) groups excluding carboxylic acids is 2. The van der Waals surface area contributed by atoms with Crippen molar-refractivity contribution in [3.8, 4) is 0 Å². The van der Waals surface area contributed by atoms with Crippen LogP contribution in [-0.4, -0.2) is 36.5 Å². The molecule has 6 heteroatoms. The molecule has 29 heavy (non-hydrogen) atoms. The lowest BCUT2D eigenvalue weighted by atomic mass is 10.00. The molecule has 0 unspecified atom stereocenters. The molecule has 1 aromatic heterocycles. The highest BCUT2D eigenvalue weighted by Crippen LogP contribution is 2.27. The van der Waals surface area contributed by atoms with Crippen LogP contribution >= 0.6 is 0 Å². The van der Waals surface area contributed by atoms with Gasteiger partial charge < -0.3 is 14.1 Å². The molecule has 148 valence electrons. The number of aryl methyl sites for hydroxylation is 1. The first-order valence-corrected chi connectivity index (χ1v) is 9.41. The minimum absolute atomic E-state index is 0.0108. The number of hydrogen-bond acceptors (Lipinski definition) is 4. The maximum atomic E-state index is 13.4. The SMILES string of the molecule is Cc1c(C(=O)OCC(=O)N2CC=C(c3ccccc3)CC2)oc2ccc(F)cc12. The molecule has 0 saturated heterocycles. The molecule has 1 aliphatic rings. The Morgan fingerprint density at radius 3 is 2.69 bits per heavy atom. The first kappa shape index (κ1) is 18.9. The van der Waals surface area contributed by atoms with E-state index in [0.717, 1.165) is 12.0 Å². The fraction of sp³-hybridized carbons (Fsp3) is 0.217. The maximum Gasteiger partial charge on any atom is 0.375 e. The van der Waals surface area contributed by atoms with Crippen molar-refractivity contribution in [1.82, 2.24) is 4.90 Å². The van der Waals surface area contributed by atoms with Gasteiger partial charge in [-0.05, 0) is 42.7 Å². The van der Waals surface area contributed by atoms with Gasteiger partial charge >= 0.3 is 5.97 Å². The number of furan rings is 1. The van der Waals surface area contributed by atoms with E-state index in [1.807, 2.05) is 36.4 Å². The van der Waals surface area contributed by atoms with Crippen LogP contribution in [0.5, 0.6) is 0 Å². The average Bonchev–Trinajstić information content (AvgIpc) is 3.08. The number of amides is 1. The Balaban J connectivity index is 1.37. The summed E-state index contributed by atoms with van der Waals surface area (Å²) < 4.78 is 24.0. The molecule has 0 N–H and O–H groups in total. The maximum absolute atomic E-state index is 13.4. The molecule has 0 saturated carbocycles. The Bertz CT molecular complexity index is 1100. The van der Waals surface area contributed by atoms with E-state index in [1.165, 1.54) is 23.8 Å². The van der Waals surface area contributed by atoms with Gasteiger partial charge in [0.05, 0.1) is 0 Å². The molecule has 4 rings (SSSR count). The first-order valence-electron chi connectivity index (χ1n) is 9.41. The number of nitrogens with zero attached hydrogens (tertiary/aromatic N) is 1. The van der Waals surface area contributed by atoms with Crippen LogP contribution in [0.15, 0.2) is 59.0 Å². The summed E-state index contributed by atoms with van der Waals surface area (Å²) in [4.78, 5) is 26.4. The van der Waals surface area contributed by atoms with E-state index in [9.17, 15) is 14.0 Å². The lowest BCUT2D eigenvalue weighted by molar-refractivity contribution is -0.134. The molecule has 0 aliphatic carbocycles. The van der Waals surface area contributed by atoms with Gasteiger partial charge in [-0.3, -0.25) is 4.79 Å². The molecule has 1 amide bonds. The predicted molar refractivity (Wildman–Crippen MR) is 107 cm³/mol. The summed E-state index contributed by atoms with van der Waals surface area (Å²) in [7, 11) is 0. The Morgan fingerprint density at radius 2 is 1.97 bits per heavy atom. The highest BCUT2D eigenvalue weighted by Gasteiger charge is 2.23. The van der Waals surface area contributed by atoms with Crippen LogP contribution in [0.2, 0.25) is 0 Å². The Labute approximate surface area is 167 Å². The summed E-state index contributed by atoms with van der Waals surface area (Å²) in [6.45, 7) is 2.34. The largest absolute Gasteiger partial charge is 0.450 e. The third-order valence-corrected chi connectivity index (χ3v) is 5.12. The number of halogens is 1. The molecule has 2 aromatic carbocycles. The van der Waals surface area contributed by atoms with Crippen molar-refractivity contribution < 1.29 is 23.1 Å². The molecule has 2 heterocycles. The van der Waals surface area contributed by atoms with Crippen molar-refractivity contribution in [2.75, 3.05) is 19.7 Å².